The van der Waals surface area contributed by atoms with Gasteiger partial charge in [0, 0.05) is 26.2 Å². The van der Waals surface area contributed by atoms with Gasteiger partial charge < -0.3 is 15.1 Å². The third kappa shape index (κ3) is 2.69. The summed E-state index contributed by atoms with van der Waals surface area (Å²) in [6, 6.07) is 0.0992. The van der Waals surface area contributed by atoms with Gasteiger partial charge in [-0.25, -0.2) is 0 Å². The van der Waals surface area contributed by atoms with Crippen molar-refractivity contribution in [1.29, 1.82) is 0 Å². The van der Waals surface area contributed by atoms with Crippen molar-refractivity contribution in [3.63, 3.8) is 0 Å². The molecule has 86 valence electrons. The molecule has 0 aromatic carbocycles. The van der Waals surface area contributed by atoms with Crippen LogP contribution in [0.25, 0.3) is 0 Å². The maximum atomic E-state index is 12.1. The van der Waals surface area contributed by atoms with E-state index in [1.54, 1.807) is 0 Å². The van der Waals surface area contributed by atoms with Crippen molar-refractivity contribution in [1.82, 2.24) is 15.1 Å². The van der Waals surface area contributed by atoms with E-state index in [1.807, 2.05) is 4.90 Å². The van der Waals surface area contributed by atoms with Crippen LogP contribution in [0.5, 0.6) is 0 Å². The molecule has 1 atom stereocenters. The van der Waals surface area contributed by atoms with Gasteiger partial charge in [-0.15, -0.1) is 0 Å². The van der Waals surface area contributed by atoms with Crippen LogP contribution in [0.15, 0.2) is 0 Å². The first-order valence-corrected chi connectivity index (χ1v) is 5.98. The van der Waals surface area contributed by atoms with Crippen LogP contribution < -0.4 is 5.32 Å². The monoisotopic (exact) mass is 211 g/mol. The summed E-state index contributed by atoms with van der Waals surface area (Å²) in [5.41, 5.74) is 0. The molecule has 0 aliphatic carbocycles. The van der Waals surface area contributed by atoms with Gasteiger partial charge >= 0.3 is 0 Å². The van der Waals surface area contributed by atoms with Crippen LogP contribution in [0.4, 0.5) is 0 Å². The minimum Gasteiger partial charge on any atom is -0.339 e. The zero-order valence-electron chi connectivity index (χ0n) is 9.54. The average molecular weight is 211 g/mol. The Morgan fingerprint density at radius 3 is 2.53 bits per heavy atom. The number of carbonyl (C=O) groups excluding carboxylic acids is 1. The number of nitrogens with zero attached hydrogens (tertiary/aromatic N) is 2. The van der Waals surface area contributed by atoms with Gasteiger partial charge in [-0.1, -0.05) is 6.42 Å². The number of hydrogen-bond donors (Lipinski definition) is 1. The van der Waals surface area contributed by atoms with Crippen molar-refractivity contribution in [2.24, 2.45) is 0 Å². The van der Waals surface area contributed by atoms with Crippen molar-refractivity contribution in [2.75, 3.05) is 39.8 Å². The Kier molecular flexibility index (Phi) is 3.59. The van der Waals surface area contributed by atoms with Crippen molar-refractivity contribution < 1.29 is 4.79 Å². The van der Waals surface area contributed by atoms with E-state index in [0.717, 1.165) is 39.1 Å². The Bertz CT molecular complexity index is 218. The predicted octanol–water partition coefficient (Wildman–Crippen LogP) is -0.0975. The molecule has 0 aromatic heterocycles. The fraction of sp³-hybridized carbons (Fsp3) is 0.909. The number of piperazine rings is 1. The largest absolute Gasteiger partial charge is 0.339 e. The van der Waals surface area contributed by atoms with Gasteiger partial charge in [0.1, 0.15) is 0 Å². The Labute approximate surface area is 91.6 Å². The van der Waals surface area contributed by atoms with Crippen molar-refractivity contribution in [3.05, 3.63) is 0 Å². The first-order chi connectivity index (χ1) is 7.27. The van der Waals surface area contributed by atoms with Crippen LogP contribution in [-0.2, 0) is 4.79 Å². The summed E-state index contributed by atoms with van der Waals surface area (Å²) in [5, 5.41) is 3.32. The van der Waals surface area contributed by atoms with Gasteiger partial charge in [0.25, 0.3) is 0 Å². The Hall–Kier alpha value is -0.610. The number of carbonyl (C=O) groups is 1. The van der Waals surface area contributed by atoms with Gasteiger partial charge in [0.2, 0.25) is 5.91 Å². The maximum absolute atomic E-state index is 12.1. The molecule has 1 N–H and O–H groups in total. The molecule has 2 fully saturated rings. The Morgan fingerprint density at radius 1 is 1.20 bits per heavy atom. The molecule has 0 radical (unpaired) electrons. The number of nitrogens with one attached hydrogen (secondary N) is 1. The standard InChI is InChI=1S/C11H21N3O/c1-13-6-8-14(9-7-13)11(15)10-4-2-3-5-12-10/h10,12H,2-9H2,1H3/t10-/m0/s1. The Morgan fingerprint density at radius 2 is 1.93 bits per heavy atom. The van der Waals surface area contributed by atoms with E-state index in [4.69, 9.17) is 0 Å². The smallest absolute Gasteiger partial charge is 0.239 e. The zero-order chi connectivity index (χ0) is 10.7. The highest BCUT2D eigenvalue weighted by Crippen LogP contribution is 2.11. The van der Waals surface area contributed by atoms with Crippen molar-refractivity contribution in [3.8, 4) is 0 Å². The second-order valence-corrected chi connectivity index (χ2v) is 4.63. The number of piperidine rings is 1. The fourth-order valence-corrected chi connectivity index (χ4v) is 2.31. The van der Waals surface area contributed by atoms with Crippen LogP contribution in [-0.4, -0.2) is 61.5 Å². The average Bonchev–Trinajstić information content (AvgIpc) is 2.30. The lowest BCUT2D eigenvalue weighted by Crippen LogP contribution is -2.54. The molecule has 2 heterocycles. The topological polar surface area (TPSA) is 35.6 Å². The van der Waals surface area contributed by atoms with Gasteiger partial charge in [0.05, 0.1) is 6.04 Å². The first-order valence-electron chi connectivity index (χ1n) is 5.98. The van der Waals surface area contributed by atoms with Gasteiger partial charge in [-0.3, -0.25) is 4.79 Å². The Balaban J connectivity index is 1.84. The molecule has 0 aromatic rings. The predicted molar refractivity (Wildman–Crippen MR) is 59.7 cm³/mol. The molecular formula is C11H21N3O. The van der Waals surface area contributed by atoms with E-state index in [1.165, 1.54) is 12.8 Å². The lowest BCUT2D eigenvalue weighted by molar-refractivity contribution is -0.135. The highest BCUT2D eigenvalue weighted by Gasteiger charge is 2.27. The highest BCUT2D eigenvalue weighted by molar-refractivity contribution is 5.82. The summed E-state index contributed by atoms with van der Waals surface area (Å²) >= 11 is 0. The molecular weight excluding hydrogens is 190 g/mol. The van der Waals surface area contributed by atoms with Gasteiger partial charge in [0.15, 0.2) is 0 Å². The number of hydrogen-bond acceptors (Lipinski definition) is 3. The summed E-state index contributed by atoms with van der Waals surface area (Å²) in [6.07, 6.45) is 3.43. The molecule has 0 saturated carbocycles. The summed E-state index contributed by atoms with van der Waals surface area (Å²) in [5.74, 6) is 0.322. The minimum atomic E-state index is 0.0992. The highest BCUT2D eigenvalue weighted by atomic mass is 16.2. The summed E-state index contributed by atoms with van der Waals surface area (Å²) in [4.78, 5) is 16.4. The lowest BCUT2D eigenvalue weighted by atomic mass is 10.0. The van der Waals surface area contributed by atoms with E-state index in [9.17, 15) is 4.79 Å². The fourth-order valence-electron chi connectivity index (χ4n) is 2.31. The molecule has 15 heavy (non-hydrogen) atoms. The van der Waals surface area contributed by atoms with Crippen LogP contribution in [0.3, 0.4) is 0 Å². The third-order valence-electron chi connectivity index (χ3n) is 3.42. The van der Waals surface area contributed by atoms with Crippen LogP contribution in [0.1, 0.15) is 19.3 Å². The number of likely N-dealkylation sites (N-methyl/N-ethyl adjacent to an activating group) is 1. The molecule has 4 nitrogen and oxygen atoms in total. The molecule has 1 amide bonds. The summed E-state index contributed by atoms with van der Waals surface area (Å²) < 4.78 is 0. The van der Waals surface area contributed by atoms with Gasteiger partial charge in [-0.05, 0) is 26.4 Å². The molecule has 2 saturated heterocycles. The van der Waals surface area contributed by atoms with Crippen LogP contribution >= 0.6 is 0 Å². The van der Waals surface area contributed by atoms with Crippen molar-refractivity contribution >= 4 is 5.91 Å². The van der Waals surface area contributed by atoms with E-state index in [0.29, 0.717) is 5.91 Å². The molecule has 2 aliphatic rings. The first kappa shape index (κ1) is 10.9. The summed E-state index contributed by atoms with van der Waals surface area (Å²) in [7, 11) is 2.11. The van der Waals surface area contributed by atoms with E-state index in [2.05, 4.69) is 17.3 Å². The SMILES string of the molecule is CN1CCN(C(=O)[C@@H]2CCCCN2)CC1. The molecule has 4 heteroatoms. The summed E-state index contributed by atoms with van der Waals surface area (Å²) in [6.45, 7) is 4.82. The lowest BCUT2D eigenvalue weighted by Gasteiger charge is -2.35. The number of amides is 1. The molecule has 2 rings (SSSR count). The molecule has 2 aliphatic heterocycles. The second-order valence-electron chi connectivity index (χ2n) is 4.63. The molecule has 0 unspecified atom stereocenters. The number of rotatable bonds is 1. The normalized spacial score (nSPS) is 29.1. The third-order valence-corrected chi connectivity index (χ3v) is 3.42. The van der Waals surface area contributed by atoms with Crippen LogP contribution in [0.2, 0.25) is 0 Å². The molecule has 0 spiro atoms. The second kappa shape index (κ2) is 4.94. The quantitative estimate of drug-likeness (QED) is 0.658. The molecule has 0 bridgehead atoms. The zero-order valence-corrected chi connectivity index (χ0v) is 9.54. The van der Waals surface area contributed by atoms with E-state index < -0.39 is 0 Å². The van der Waals surface area contributed by atoms with E-state index in [-0.39, 0.29) is 6.04 Å². The maximum Gasteiger partial charge on any atom is 0.239 e. The van der Waals surface area contributed by atoms with Crippen molar-refractivity contribution in [2.45, 2.75) is 25.3 Å². The minimum absolute atomic E-state index is 0.0992. The van der Waals surface area contributed by atoms with E-state index >= 15 is 0 Å². The van der Waals surface area contributed by atoms with Crippen LogP contribution in [0, 0.1) is 0 Å². The van der Waals surface area contributed by atoms with Gasteiger partial charge in [-0.2, -0.15) is 0 Å².